The zero-order chi connectivity index (χ0) is 21.1. The quantitative estimate of drug-likeness (QED) is 0.616. The molecular formula is C23H24F2N2O2S. The SMILES string of the molecule is O=S(=O)(CC=C(F)c1ccccc1)c1cn(CC2CCCCN2)c2cc(F)ccc12. The summed E-state index contributed by atoms with van der Waals surface area (Å²) in [5.41, 5.74) is 0.869. The van der Waals surface area contributed by atoms with Crippen LogP contribution in [0.2, 0.25) is 0 Å². The van der Waals surface area contributed by atoms with Crippen LogP contribution in [0, 0.1) is 5.82 Å². The summed E-state index contributed by atoms with van der Waals surface area (Å²) < 4.78 is 56.2. The van der Waals surface area contributed by atoms with Crippen LogP contribution in [0.3, 0.4) is 0 Å². The summed E-state index contributed by atoms with van der Waals surface area (Å²) in [7, 11) is -3.80. The fourth-order valence-electron chi connectivity index (χ4n) is 3.94. The minimum absolute atomic E-state index is 0.102. The highest BCUT2D eigenvalue weighted by Gasteiger charge is 2.23. The number of hydrogen-bond donors (Lipinski definition) is 1. The maximum absolute atomic E-state index is 14.4. The van der Waals surface area contributed by atoms with E-state index in [1.165, 1.54) is 18.2 Å². The van der Waals surface area contributed by atoms with Crippen molar-refractivity contribution in [1.29, 1.82) is 0 Å². The first-order valence-corrected chi connectivity index (χ1v) is 11.7. The maximum Gasteiger partial charge on any atom is 0.184 e. The Bertz CT molecular complexity index is 1160. The van der Waals surface area contributed by atoms with E-state index in [1.54, 1.807) is 41.1 Å². The van der Waals surface area contributed by atoms with Crippen molar-refractivity contribution in [3.8, 4) is 0 Å². The van der Waals surface area contributed by atoms with Gasteiger partial charge in [-0.3, -0.25) is 0 Å². The lowest BCUT2D eigenvalue weighted by molar-refractivity contribution is 0.366. The Balaban J connectivity index is 1.67. The van der Waals surface area contributed by atoms with Crippen molar-refractivity contribution in [3.63, 3.8) is 0 Å². The third-order valence-corrected chi connectivity index (χ3v) is 7.10. The van der Waals surface area contributed by atoms with Crippen molar-refractivity contribution in [3.05, 3.63) is 72.2 Å². The van der Waals surface area contributed by atoms with Crippen molar-refractivity contribution in [2.75, 3.05) is 12.3 Å². The first kappa shape index (κ1) is 20.8. The summed E-state index contributed by atoms with van der Waals surface area (Å²) in [6.45, 7) is 1.48. The summed E-state index contributed by atoms with van der Waals surface area (Å²) in [6.07, 6.45) is 5.86. The number of halogens is 2. The molecule has 1 saturated heterocycles. The molecule has 0 bridgehead atoms. The van der Waals surface area contributed by atoms with E-state index in [9.17, 15) is 17.2 Å². The van der Waals surface area contributed by atoms with Crippen molar-refractivity contribution in [2.24, 2.45) is 0 Å². The molecule has 1 fully saturated rings. The number of aromatic nitrogens is 1. The van der Waals surface area contributed by atoms with Crippen LogP contribution in [0.4, 0.5) is 8.78 Å². The number of rotatable bonds is 6. The largest absolute Gasteiger partial charge is 0.344 e. The minimum Gasteiger partial charge on any atom is -0.344 e. The van der Waals surface area contributed by atoms with E-state index in [2.05, 4.69) is 5.32 Å². The van der Waals surface area contributed by atoms with Gasteiger partial charge in [-0.25, -0.2) is 17.2 Å². The standard InChI is InChI=1S/C23H24F2N2O2S/c24-18-9-10-20-22(14-18)27(15-19-8-4-5-12-26-19)16-23(20)30(28,29)13-11-21(25)17-6-2-1-3-7-17/h1-3,6-7,9-11,14,16,19,26H,4-5,8,12-13,15H2. The third kappa shape index (κ3) is 4.47. The lowest BCUT2D eigenvalue weighted by Crippen LogP contribution is -2.37. The molecule has 4 rings (SSSR count). The van der Waals surface area contributed by atoms with Crippen molar-refractivity contribution in [2.45, 2.75) is 36.7 Å². The average molecular weight is 431 g/mol. The topological polar surface area (TPSA) is 51.1 Å². The average Bonchev–Trinajstić information content (AvgIpc) is 3.12. The maximum atomic E-state index is 14.4. The number of piperidine rings is 1. The molecule has 3 aromatic rings. The Morgan fingerprint density at radius 1 is 1.17 bits per heavy atom. The lowest BCUT2D eigenvalue weighted by atomic mass is 10.1. The highest BCUT2D eigenvalue weighted by atomic mass is 32.2. The molecule has 2 aromatic carbocycles. The molecule has 158 valence electrons. The summed E-state index contributed by atoms with van der Waals surface area (Å²) in [6, 6.07) is 12.6. The smallest absolute Gasteiger partial charge is 0.184 e. The van der Waals surface area contributed by atoms with Gasteiger partial charge < -0.3 is 9.88 Å². The highest BCUT2D eigenvalue weighted by molar-refractivity contribution is 7.91. The molecule has 1 N–H and O–H groups in total. The molecule has 1 atom stereocenters. The van der Waals surface area contributed by atoms with E-state index in [4.69, 9.17) is 0 Å². The van der Waals surface area contributed by atoms with E-state index >= 15 is 0 Å². The van der Waals surface area contributed by atoms with Crippen LogP contribution in [-0.4, -0.2) is 31.3 Å². The van der Waals surface area contributed by atoms with Gasteiger partial charge in [0.15, 0.2) is 9.84 Å². The second kappa shape index (κ2) is 8.70. The van der Waals surface area contributed by atoms with Gasteiger partial charge in [0.05, 0.1) is 16.2 Å². The molecule has 1 unspecified atom stereocenters. The second-order valence-corrected chi connectivity index (χ2v) is 9.66. The van der Waals surface area contributed by atoms with Crippen LogP contribution in [-0.2, 0) is 16.4 Å². The van der Waals surface area contributed by atoms with Gasteiger partial charge in [-0.2, -0.15) is 0 Å². The molecule has 0 amide bonds. The van der Waals surface area contributed by atoms with Gasteiger partial charge in [0.1, 0.15) is 11.6 Å². The molecule has 0 spiro atoms. The van der Waals surface area contributed by atoms with Gasteiger partial charge in [-0.15, -0.1) is 0 Å². The molecule has 7 heteroatoms. The van der Waals surface area contributed by atoms with E-state index < -0.39 is 27.2 Å². The fourth-order valence-corrected chi connectivity index (χ4v) is 5.28. The molecule has 4 nitrogen and oxygen atoms in total. The zero-order valence-corrected chi connectivity index (χ0v) is 17.3. The number of nitrogens with one attached hydrogen (secondary N) is 1. The zero-order valence-electron chi connectivity index (χ0n) is 16.5. The summed E-state index contributed by atoms with van der Waals surface area (Å²) in [5, 5.41) is 3.89. The minimum atomic E-state index is -3.80. The second-order valence-electron chi connectivity index (χ2n) is 7.65. The van der Waals surface area contributed by atoms with Crippen molar-refractivity contribution in [1.82, 2.24) is 9.88 Å². The van der Waals surface area contributed by atoms with Crippen LogP contribution in [0.25, 0.3) is 16.7 Å². The number of hydrogen-bond acceptors (Lipinski definition) is 3. The summed E-state index contributed by atoms with van der Waals surface area (Å²) in [5.74, 6) is -1.47. The monoisotopic (exact) mass is 430 g/mol. The van der Waals surface area contributed by atoms with E-state index in [0.717, 1.165) is 31.9 Å². The van der Waals surface area contributed by atoms with E-state index in [-0.39, 0.29) is 10.9 Å². The van der Waals surface area contributed by atoms with Crippen LogP contribution in [0.15, 0.2) is 65.7 Å². The molecule has 1 aliphatic heterocycles. The Hall–Kier alpha value is -2.51. The van der Waals surface area contributed by atoms with Gasteiger partial charge in [-0.05, 0) is 43.7 Å². The molecule has 0 saturated carbocycles. The van der Waals surface area contributed by atoms with Gasteiger partial charge in [-0.1, -0.05) is 36.8 Å². The van der Waals surface area contributed by atoms with Gasteiger partial charge in [0.2, 0.25) is 0 Å². The molecule has 1 aromatic heterocycles. The number of fused-ring (bicyclic) bond motifs is 1. The number of sulfone groups is 1. The van der Waals surface area contributed by atoms with Crippen LogP contribution in [0.1, 0.15) is 24.8 Å². The molecule has 0 radical (unpaired) electrons. The summed E-state index contributed by atoms with van der Waals surface area (Å²) in [4.78, 5) is 0.102. The fraction of sp³-hybridized carbons (Fsp3) is 0.304. The Labute approximate surface area is 175 Å². The summed E-state index contributed by atoms with van der Waals surface area (Å²) >= 11 is 0. The Morgan fingerprint density at radius 2 is 1.97 bits per heavy atom. The van der Waals surface area contributed by atoms with Gasteiger partial charge >= 0.3 is 0 Å². The van der Waals surface area contributed by atoms with Gasteiger partial charge in [0.25, 0.3) is 0 Å². The van der Waals surface area contributed by atoms with Crippen LogP contribution >= 0.6 is 0 Å². The molecular weight excluding hydrogens is 406 g/mol. The van der Waals surface area contributed by atoms with Crippen LogP contribution in [0.5, 0.6) is 0 Å². The van der Waals surface area contributed by atoms with E-state index in [0.29, 0.717) is 23.0 Å². The molecule has 0 aliphatic carbocycles. The van der Waals surface area contributed by atoms with Crippen molar-refractivity contribution >= 4 is 26.6 Å². The van der Waals surface area contributed by atoms with Crippen molar-refractivity contribution < 1.29 is 17.2 Å². The predicted molar refractivity (Wildman–Crippen MR) is 115 cm³/mol. The Morgan fingerprint density at radius 3 is 2.70 bits per heavy atom. The first-order chi connectivity index (χ1) is 14.4. The molecule has 30 heavy (non-hydrogen) atoms. The Kier molecular flexibility index (Phi) is 6.01. The first-order valence-electron chi connectivity index (χ1n) is 10.1. The third-order valence-electron chi connectivity index (χ3n) is 5.50. The van der Waals surface area contributed by atoms with E-state index in [1.807, 2.05) is 0 Å². The highest BCUT2D eigenvalue weighted by Crippen LogP contribution is 2.29. The van der Waals surface area contributed by atoms with Gasteiger partial charge in [0, 0.05) is 29.7 Å². The normalized spacial score (nSPS) is 18.1. The molecule has 2 heterocycles. The van der Waals surface area contributed by atoms with Crippen LogP contribution < -0.4 is 5.32 Å². The number of benzene rings is 2. The number of nitrogens with zero attached hydrogens (tertiary/aromatic N) is 1. The predicted octanol–water partition coefficient (Wildman–Crippen LogP) is 4.71. The lowest BCUT2D eigenvalue weighted by Gasteiger charge is -2.24. The molecule has 1 aliphatic rings.